The third-order valence-electron chi connectivity index (χ3n) is 5.62. The summed E-state index contributed by atoms with van der Waals surface area (Å²) in [4.78, 5) is 5.14. The predicted molar refractivity (Wildman–Crippen MR) is 150 cm³/mol. The van der Waals surface area contributed by atoms with E-state index in [1.165, 1.54) is 17.1 Å². The number of para-hydroxylation sites is 1. The fourth-order valence-corrected chi connectivity index (χ4v) is 5.14. The smallest absolute Gasteiger partial charge is 0.359 e. The van der Waals surface area contributed by atoms with Gasteiger partial charge in [-0.25, -0.2) is 0 Å². The van der Waals surface area contributed by atoms with E-state index in [-0.39, 0.29) is 0 Å². The number of aliphatic imine (C=N–C) groups is 1. The highest BCUT2D eigenvalue weighted by atomic mass is 32.1. The molecule has 0 saturated carbocycles. The van der Waals surface area contributed by atoms with Gasteiger partial charge in [0.05, 0.1) is 18.6 Å². The quantitative estimate of drug-likeness (QED) is 0.115. The van der Waals surface area contributed by atoms with Crippen molar-refractivity contribution in [3.8, 4) is 17.1 Å². The second-order valence-corrected chi connectivity index (χ2v) is 9.42. The summed E-state index contributed by atoms with van der Waals surface area (Å²) in [5.74, 6) is 1.52. The minimum atomic E-state index is 0.637. The van der Waals surface area contributed by atoms with Crippen molar-refractivity contribution in [2.75, 3.05) is 12.4 Å². The van der Waals surface area contributed by atoms with Crippen molar-refractivity contribution in [3.05, 3.63) is 125 Å². The van der Waals surface area contributed by atoms with Crippen LogP contribution in [0.3, 0.4) is 0 Å². The molecule has 1 heterocycles. The largest absolute Gasteiger partial charge is 0.497 e. The molecule has 0 aliphatic heterocycles. The molecule has 0 unspecified atom stereocenters. The predicted octanol–water partition coefficient (Wildman–Crippen LogP) is 7.05. The number of nitrogens with zero attached hydrogens (tertiary/aromatic N) is 3. The fraction of sp³-hybridized carbons (Fsp3) is 0.0690. The highest BCUT2D eigenvalue weighted by Crippen LogP contribution is 2.25. The number of ether oxygens (including phenoxy) is 1. The molecule has 0 spiro atoms. The molecule has 4 aromatic carbocycles. The zero-order valence-electron chi connectivity index (χ0n) is 20.0. The zero-order chi connectivity index (χ0) is 24.9. The number of nitrogens with one attached hydrogen (secondary N) is 1. The molecule has 0 saturated heterocycles. The van der Waals surface area contributed by atoms with Crippen LogP contribution in [0.5, 0.6) is 5.75 Å². The molecule has 1 aromatic heterocycles. The van der Waals surface area contributed by atoms with E-state index >= 15 is 0 Å². The van der Waals surface area contributed by atoms with Crippen molar-refractivity contribution in [2.45, 2.75) is 6.92 Å². The Morgan fingerprint density at radius 1 is 0.861 bits per heavy atom. The Hall–Kier alpha value is -4.07. The molecule has 0 fully saturated rings. The first kappa shape index (κ1) is 23.7. The molecule has 5 rings (SSSR count). The number of aromatic nitrogens is 2. The standard InChI is InChI=1S/C29H24N4OS2/c1-21-13-15-23(16-14-21)30-27(22-9-5-3-6-10-22)31-28-32(24-17-19-26(34-2)20-18-24)29(35)33(36-28)25-11-7-4-8-12-25/h3-20H,1-2H3/p+1. The molecular weight excluding hydrogens is 484 g/mol. The average Bonchev–Trinajstić information content (AvgIpc) is 3.26. The lowest BCUT2D eigenvalue weighted by Gasteiger charge is -2.08. The Balaban J connectivity index is 1.69. The van der Waals surface area contributed by atoms with Crippen LogP contribution in [-0.4, -0.2) is 16.9 Å². The molecule has 36 heavy (non-hydrogen) atoms. The van der Waals surface area contributed by atoms with Gasteiger partial charge in [0.15, 0.2) is 0 Å². The Labute approximate surface area is 219 Å². The number of amidine groups is 1. The molecule has 0 radical (unpaired) electrons. The third kappa shape index (κ3) is 5.12. The summed E-state index contributed by atoms with van der Waals surface area (Å²) in [7, 11) is 1.66. The first-order valence-corrected chi connectivity index (χ1v) is 12.7. The number of hydrogen-bond acceptors (Lipinski definition) is 4. The number of hydrogen-bond donors (Lipinski definition) is 1. The topological polar surface area (TPSA) is 42.4 Å². The number of aryl methyl sites for hydroxylation is 1. The van der Waals surface area contributed by atoms with Crippen LogP contribution in [0.2, 0.25) is 0 Å². The SMILES string of the molecule is COc1ccc(-[n+]2c(N=C(Nc3ccc(C)cc3)c3ccccc3)sn(-c3ccccc3)c2=S)cc1. The molecule has 0 aliphatic rings. The summed E-state index contributed by atoms with van der Waals surface area (Å²) in [5, 5.41) is 4.26. The summed E-state index contributed by atoms with van der Waals surface area (Å²) in [5.41, 5.74) is 5.04. The Morgan fingerprint density at radius 2 is 1.50 bits per heavy atom. The van der Waals surface area contributed by atoms with Crippen LogP contribution >= 0.6 is 23.8 Å². The van der Waals surface area contributed by atoms with E-state index in [0.29, 0.717) is 4.77 Å². The van der Waals surface area contributed by atoms with Crippen LogP contribution in [0.25, 0.3) is 11.4 Å². The molecule has 178 valence electrons. The zero-order valence-corrected chi connectivity index (χ0v) is 21.6. The maximum Gasteiger partial charge on any atom is 0.359 e. The minimum absolute atomic E-state index is 0.637. The van der Waals surface area contributed by atoms with Gasteiger partial charge in [0.2, 0.25) is 5.84 Å². The summed E-state index contributed by atoms with van der Waals surface area (Å²) in [6, 6.07) is 36.3. The molecule has 0 amide bonds. The van der Waals surface area contributed by atoms with E-state index in [9.17, 15) is 0 Å². The number of benzene rings is 4. The van der Waals surface area contributed by atoms with Crippen LogP contribution in [-0.2, 0) is 0 Å². The highest BCUT2D eigenvalue weighted by Gasteiger charge is 2.23. The van der Waals surface area contributed by atoms with Crippen LogP contribution < -0.4 is 14.6 Å². The lowest BCUT2D eigenvalue weighted by molar-refractivity contribution is -0.587. The third-order valence-corrected chi connectivity index (χ3v) is 7.10. The van der Waals surface area contributed by atoms with Crippen LogP contribution in [0.4, 0.5) is 10.8 Å². The van der Waals surface area contributed by atoms with Gasteiger partial charge in [-0.3, -0.25) is 0 Å². The fourth-order valence-electron chi connectivity index (χ4n) is 3.71. The van der Waals surface area contributed by atoms with E-state index in [1.807, 2.05) is 93.5 Å². The second-order valence-electron chi connectivity index (χ2n) is 8.14. The average molecular weight is 510 g/mol. The maximum absolute atomic E-state index is 5.97. The van der Waals surface area contributed by atoms with Crippen LogP contribution in [0, 0.1) is 11.7 Å². The van der Waals surface area contributed by atoms with Crippen molar-refractivity contribution < 1.29 is 9.30 Å². The number of methoxy groups -OCH3 is 1. The molecule has 0 bridgehead atoms. The number of anilines is 1. The van der Waals surface area contributed by atoms with Crippen LogP contribution in [0.15, 0.2) is 114 Å². The lowest BCUT2D eigenvalue weighted by atomic mass is 10.2. The Morgan fingerprint density at radius 3 is 2.14 bits per heavy atom. The van der Waals surface area contributed by atoms with Gasteiger partial charge >= 0.3 is 9.90 Å². The van der Waals surface area contributed by atoms with Crippen molar-refractivity contribution in [2.24, 2.45) is 4.99 Å². The Bertz CT molecular complexity index is 1540. The summed E-state index contributed by atoms with van der Waals surface area (Å²) >= 11 is 7.46. The molecule has 1 N–H and O–H groups in total. The normalized spacial score (nSPS) is 11.3. The van der Waals surface area contributed by atoms with E-state index in [2.05, 4.69) is 36.5 Å². The first-order valence-electron chi connectivity index (χ1n) is 11.5. The van der Waals surface area contributed by atoms with E-state index in [0.717, 1.165) is 39.3 Å². The van der Waals surface area contributed by atoms with Gasteiger partial charge in [0.25, 0.3) is 0 Å². The van der Waals surface area contributed by atoms with Gasteiger partial charge in [-0.1, -0.05) is 59.1 Å². The maximum atomic E-state index is 5.97. The number of rotatable bonds is 6. The van der Waals surface area contributed by atoms with Gasteiger partial charge in [-0.15, -0.1) is 0 Å². The summed E-state index contributed by atoms with van der Waals surface area (Å²) in [6.45, 7) is 2.08. The Kier molecular flexibility index (Phi) is 7.02. The van der Waals surface area contributed by atoms with Crippen molar-refractivity contribution >= 4 is 40.4 Å². The van der Waals surface area contributed by atoms with E-state index in [1.54, 1.807) is 7.11 Å². The van der Waals surface area contributed by atoms with Crippen molar-refractivity contribution in [3.63, 3.8) is 0 Å². The van der Waals surface area contributed by atoms with Crippen molar-refractivity contribution in [1.82, 2.24) is 3.96 Å². The van der Waals surface area contributed by atoms with Gasteiger partial charge in [-0.05, 0) is 79.8 Å². The molecular formula is C29H25N4OS2+. The molecule has 7 heteroatoms. The first-order chi connectivity index (χ1) is 17.6. The monoisotopic (exact) mass is 509 g/mol. The molecule has 5 aromatic rings. The highest BCUT2D eigenvalue weighted by molar-refractivity contribution is 7.71. The van der Waals surface area contributed by atoms with Crippen LogP contribution in [0.1, 0.15) is 11.1 Å². The van der Waals surface area contributed by atoms with Gasteiger partial charge in [0.1, 0.15) is 17.1 Å². The molecule has 0 aliphatic carbocycles. The second kappa shape index (κ2) is 10.7. The van der Waals surface area contributed by atoms with Gasteiger partial charge in [0, 0.05) is 11.3 Å². The van der Waals surface area contributed by atoms with Gasteiger partial charge in [-0.2, -0.15) is 8.52 Å². The van der Waals surface area contributed by atoms with E-state index < -0.39 is 0 Å². The molecule has 5 nitrogen and oxygen atoms in total. The minimum Gasteiger partial charge on any atom is -0.497 e. The summed E-state index contributed by atoms with van der Waals surface area (Å²) < 4.78 is 10.0. The van der Waals surface area contributed by atoms with Gasteiger partial charge < -0.3 is 10.1 Å². The van der Waals surface area contributed by atoms with Crippen molar-refractivity contribution in [1.29, 1.82) is 0 Å². The lowest BCUT2D eigenvalue weighted by Crippen LogP contribution is -2.31. The molecule has 0 atom stereocenters. The van der Waals surface area contributed by atoms with E-state index in [4.69, 9.17) is 21.9 Å². The summed E-state index contributed by atoms with van der Waals surface area (Å²) in [6.07, 6.45) is 0.